The molecule has 0 amide bonds. The van der Waals surface area contributed by atoms with Crippen molar-refractivity contribution in [1.82, 2.24) is 9.88 Å². The Morgan fingerprint density at radius 3 is 2.75 bits per heavy atom. The second-order valence-electron chi connectivity index (χ2n) is 3.92. The van der Waals surface area contributed by atoms with Crippen molar-refractivity contribution in [3.05, 3.63) is 32.9 Å². The highest BCUT2D eigenvalue weighted by molar-refractivity contribution is 9.10. The number of aryl methyl sites for hydroxylation is 2. The average Bonchev–Trinajstić information content (AvgIpc) is 2.49. The zero-order chi connectivity index (χ0) is 11.9. The van der Waals surface area contributed by atoms with Gasteiger partial charge >= 0.3 is 0 Å². The van der Waals surface area contributed by atoms with Crippen LogP contribution in [0.2, 0.25) is 5.02 Å². The fourth-order valence-electron chi connectivity index (χ4n) is 2.09. The lowest BCUT2D eigenvalue weighted by atomic mass is 10.1. The summed E-state index contributed by atoms with van der Waals surface area (Å²) in [6.45, 7) is 2.89. The highest BCUT2D eigenvalue weighted by atomic mass is 79.9. The highest BCUT2D eigenvalue weighted by Gasteiger charge is 2.15. The molecule has 0 aliphatic carbocycles. The molecule has 2 nitrogen and oxygen atoms in total. The lowest BCUT2D eigenvalue weighted by molar-refractivity contribution is 0.741. The van der Waals surface area contributed by atoms with E-state index in [-0.39, 0.29) is 0 Å². The van der Waals surface area contributed by atoms with Gasteiger partial charge in [0.25, 0.3) is 0 Å². The van der Waals surface area contributed by atoms with E-state index < -0.39 is 0 Å². The predicted octanol–water partition coefficient (Wildman–Crippen LogP) is 3.62. The predicted molar refractivity (Wildman–Crippen MR) is 73.1 cm³/mol. The maximum absolute atomic E-state index is 6.15. The Kier molecular flexibility index (Phi) is 3.29. The number of benzene rings is 1. The van der Waals surface area contributed by atoms with Gasteiger partial charge in [0.05, 0.1) is 5.52 Å². The van der Waals surface area contributed by atoms with Gasteiger partial charge in [-0.25, -0.2) is 0 Å². The molecule has 1 N–H and O–H groups in total. The third-order valence-corrected chi connectivity index (χ3v) is 4.23. The first-order valence-electron chi connectivity index (χ1n) is 5.14. The van der Waals surface area contributed by atoms with Crippen LogP contribution in [0.1, 0.15) is 11.3 Å². The third kappa shape index (κ3) is 1.67. The van der Waals surface area contributed by atoms with Crippen molar-refractivity contribution in [1.29, 1.82) is 0 Å². The molecule has 1 heterocycles. The van der Waals surface area contributed by atoms with E-state index in [1.807, 2.05) is 13.1 Å². The molecule has 1 aromatic carbocycles. The molecule has 0 unspecified atom stereocenters. The molecule has 0 atom stereocenters. The number of nitrogens with one attached hydrogen (secondary N) is 1. The molecule has 86 valence electrons. The largest absolute Gasteiger partial charge is 0.345 e. The van der Waals surface area contributed by atoms with Crippen molar-refractivity contribution >= 4 is 38.4 Å². The molecule has 0 bridgehead atoms. The van der Waals surface area contributed by atoms with Crippen LogP contribution in [-0.4, -0.2) is 11.6 Å². The molecule has 1 aromatic heterocycles. The van der Waals surface area contributed by atoms with E-state index >= 15 is 0 Å². The first-order chi connectivity index (χ1) is 7.57. The monoisotopic (exact) mass is 300 g/mol. The molecule has 0 radical (unpaired) electrons. The summed E-state index contributed by atoms with van der Waals surface area (Å²) in [6.07, 6.45) is 0. The number of hydrogen-bond acceptors (Lipinski definition) is 1. The maximum Gasteiger partial charge on any atom is 0.0536 e. The fraction of sp³-hybridized carbons (Fsp3) is 0.333. The molecule has 16 heavy (non-hydrogen) atoms. The molecule has 0 aliphatic heterocycles. The molecule has 0 saturated heterocycles. The number of halogens is 2. The zero-order valence-corrected chi connectivity index (χ0v) is 11.9. The summed E-state index contributed by atoms with van der Waals surface area (Å²) < 4.78 is 3.34. The van der Waals surface area contributed by atoms with Gasteiger partial charge in [0.1, 0.15) is 0 Å². The zero-order valence-electron chi connectivity index (χ0n) is 9.56. The van der Waals surface area contributed by atoms with Crippen molar-refractivity contribution in [3.8, 4) is 0 Å². The van der Waals surface area contributed by atoms with Crippen molar-refractivity contribution < 1.29 is 0 Å². The van der Waals surface area contributed by atoms with Crippen LogP contribution in [-0.2, 0) is 13.6 Å². The summed E-state index contributed by atoms with van der Waals surface area (Å²) in [5.41, 5.74) is 3.57. The average molecular weight is 302 g/mol. The van der Waals surface area contributed by atoms with E-state index in [0.717, 1.165) is 21.6 Å². The van der Waals surface area contributed by atoms with Gasteiger partial charge in [0, 0.05) is 34.2 Å². The second-order valence-corrected chi connectivity index (χ2v) is 5.12. The van der Waals surface area contributed by atoms with Gasteiger partial charge in [-0.1, -0.05) is 17.7 Å². The van der Waals surface area contributed by atoms with E-state index in [1.54, 1.807) is 0 Å². The van der Waals surface area contributed by atoms with E-state index in [1.165, 1.54) is 16.6 Å². The quantitative estimate of drug-likeness (QED) is 0.896. The van der Waals surface area contributed by atoms with E-state index in [0.29, 0.717) is 0 Å². The van der Waals surface area contributed by atoms with E-state index in [4.69, 9.17) is 11.6 Å². The van der Waals surface area contributed by atoms with Crippen LogP contribution in [0.25, 0.3) is 10.9 Å². The van der Waals surface area contributed by atoms with Crippen LogP contribution in [0, 0.1) is 6.92 Å². The normalized spacial score (nSPS) is 11.3. The molecule has 2 aromatic rings. The summed E-state index contributed by atoms with van der Waals surface area (Å²) >= 11 is 9.81. The Morgan fingerprint density at radius 1 is 1.44 bits per heavy atom. The lowest BCUT2D eigenvalue weighted by Crippen LogP contribution is -2.09. The van der Waals surface area contributed by atoms with Crippen molar-refractivity contribution in [3.63, 3.8) is 0 Å². The van der Waals surface area contributed by atoms with Crippen molar-refractivity contribution in [2.75, 3.05) is 7.05 Å². The van der Waals surface area contributed by atoms with Gasteiger partial charge < -0.3 is 9.88 Å². The Morgan fingerprint density at radius 2 is 2.12 bits per heavy atom. The Balaban J connectivity index is 2.83. The molecule has 2 rings (SSSR count). The van der Waals surface area contributed by atoms with Crippen LogP contribution in [0.3, 0.4) is 0 Å². The van der Waals surface area contributed by atoms with E-state index in [9.17, 15) is 0 Å². The minimum atomic E-state index is 0.816. The van der Waals surface area contributed by atoms with Crippen molar-refractivity contribution in [2.45, 2.75) is 13.5 Å². The first kappa shape index (κ1) is 12.0. The van der Waals surface area contributed by atoms with Crippen LogP contribution >= 0.6 is 27.5 Å². The Bertz CT molecular complexity index is 546. The number of aromatic nitrogens is 1. The topological polar surface area (TPSA) is 17.0 Å². The molecule has 0 spiro atoms. The van der Waals surface area contributed by atoms with Gasteiger partial charge in [-0.05, 0) is 41.5 Å². The van der Waals surface area contributed by atoms with Gasteiger partial charge in [-0.15, -0.1) is 0 Å². The summed E-state index contributed by atoms with van der Waals surface area (Å²) in [4.78, 5) is 0. The van der Waals surface area contributed by atoms with Gasteiger partial charge in [0.2, 0.25) is 0 Å². The van der Waals surface area contributed by atoms with Crippen LogP contribution < -0.4 is 5.32 Å². The highest BCUT2D eigenvalue weighted by Crippen LogP contribution is 2.34. The summed E-state index contributed by atoms with van der Waals surface area (Å²) in [6, 6.07) is 4.01. The van der Waals surface area contributed by atoms with Crippen LogP contribution in [0.15, 0.2) is 16.6 Å². The van der Waals surface area contributed by atoms with Gasteiger partial charge in [-0.2, -0.15) is 0 Å². The Hall–Kier alpha value is -0.510. The van der Waals surface area contributed by atoms with E-state index in [2.05, 4.69) is 45.9 Å². The number of rotatable bonds is 2. The third-order valence-electron chi connectivity index (χ3n) is 2.94. The molecular weight excluding hydrogens is 288 g/mol. The minimum Gasteiger partial charge on any atom is -0.345 e. The molecule has 0 saturated carbocycles. The summed E-state index contributed by atoms with van der Waals surface area (Å²) in [5, 5.41) is 5.21. The van der Waals surface area contributed by atoms with Crippen LogP contribution in [0.4, 0.5) is 0 Å². The summed E-state index contributed by atoms with van der Waals surface area (Å²) in [7, 11) is 4.02. The standard InChI is InChI=1S/C12H14BrClN2/c1-7-9(14)5-4-8-11(13)10(6-15-2)16(3)12(7)8/h4-5,15H,6H2,1-3H3. The molecule has 4 heteroatoms. The molecular formula is C12H14BrClN2. The molecule has 0 fully saturated rings. The number of nitrogens with zero attached hydrogens (tertiary/aromatic N) is 1. The van der Waals surface area contributed by atoms with Gasteiger partial charge in [0.15, 0.2) is 0 Å². The minimum absolute atomic E-state index is 0.816. The van der Waals surface area contributed by atoms with Crippen LogP contribution in [0.5, 0.6) is 0 Å². The molecule has 0 aliphatic rings. The second kappa shape index (κ2) is 4.40. The first-order valence-corrected chi connectivity index (χ1v) is 6.31. The smallest absolute Gasteiger partial charge is 0.0536 e. The summed E-state index contributed by atoms with van der Waals surface area (Å²) in [5.74, 6) is 0. The number of fused-ring (bicyclic) bond motifs is 1. The van der Waals surface area contributed by atoms with Crippen molar-refractivity contribution in [2.24, 2.45) is 7.05 Å². The lowest BCUT2D eigenvalue weighted by Gasteiger charge is -2.06. The SMILES string of the molecule is CNCc1c(Br)c2ccc(Cl)c(C)c2n1C. The fourth-order valence-corrected chi connectivity index (χ4v) is 2.96. The van der Waals surface area contributed by atoms with Gasteiger partial charge in [-0.3, -0.25) is 0 Å². The Labute approximate surface area is 109 Å². The number of hydrogen-bond donors (Lipinski definition) is 1. The maximum atomic E-state index is 6.15.